The Hall–Kier alpha value is -3.31. The molecule has 0 radical (unpaired) electrons. The highest BCUT2D eigenvalue weighted by Crippen LogP contribution is 2.32. The van der Waals surface area contributed by atoms with Gasteiger partial charge in [-0.2, -0.15) is 0 Å². The maximum Gasteiger partial charge on any atom is 0.240 e. The van der Waals surface area contributed by atoms with Gasteiger partial charge in [0.25, 0.3) is 0 Å². The van der Waals surface area contributed by atoms with E-state index in [1.807, 2.05) is 36.1 Å². The first-order chi connectivity index (χ1) is 17.4. The van der Waals surface area contributed by atoms with E-state index in [0.717, 1.165) is 35.6 Å². The fraction of sp³-hybridized carbons (Fsp3) is 0.308. The number of H-pyrrole nitrogens is 1. The predicted molar refractivity (Wildman–Crippen MR) is 139 cm³/mol. The topological polar surface area (TPSA) is 123 Å². The molecule has 1 aliphatic rings. The molecule has 1 unspecified atom stereocenters. The van der Waals surface area contributed by atoms with Gasteiger partial charge in [-0.15, -0.1) is 0 Å². The lowest BCUT2D eigenvalue weighted by Crippen LogP contribution is -2.49. The van der Waals surface area contributed by atoms with E-state index in [2.05, 4.69) is 32.5 Å². The van der Waals surface area contributed by atoms with Gasteiger partial charge in [0.15, 0.2) is 6.29 Å². The number of benzene rings is 2. The van der Waals surface area contributed by atoms with Crippen molar-refractivity contribution in [3.63, 3.8) is 0 Å². The first kappa shape index (κ1) is 25.8. The Balaban J connectivity index is 1.34. The number of sulfonamides is 1. The highest BCUT2D eigenvalue weighted by molar-refractivity contribution is 7.89. The molecule has 0 bridgehead atoms. The van der Waals surface area contributed by atoms with Gasteiger partial charge in [-0.25, -0.2) is 13.1 Å². The van der Waals surface area contributed by atoms with Crippen molar-refractivity contribution in [2.45, 2.75) is 31.0 Å². The molecule has 190 valence electrons. The molecule has 1 atom stereocenters. The number of anilines is 1. The SMILES string of the molecule is CC1NCc2[nH]c(-c3ccc(S(=O)(=O)NCCNCCc4ccccc4)cc3)cc2N1CC(=O)C=O. The third-order valence-corrected chi connectivity index (χ3v) is 7.66. The maximum absolute atomic E-state index is 12.7. The van der Waals surface area contributed by atoms with Gasteiger partial charge >= 0.3 is 0 Å². The quantitative estimate of drug-likeness (QED) is 0.167. The summed E-state index contributed by atoms with van der Waals surface area (Å²) in [7, 11) is -3.62. The van der Waals surface area contributed by atoms with Gasteiger partial charge in [0.05, 0.1) is 29.0 Å². The first-order valence-electron chi connectivity index (χ1n) is 11.9. The standard InChI is InChI=1S/C26H31N5O4S/c1-19-28-16-25-26(31(19)17-22(33)18-32)15-24(30-25)21-7-9-23(10-8-21)36(34,35)29-14-13-27-12-11-20-5-3-2-4-6-20/h2-10,15,18-19,27-30H,11-14,16-17H2,1H3. The van der Waals surface area contributed by atoms with Crippen molar-refractivity contribution in [1.29, 1.82) is 0 Å². The van der Waals surface area contributed by atoms with Crippen LogP contribution in [-0.4, -0.2) is 57.8 Å². The summed E-state index contributed by atoms with van der Waals surface area (Å²) in [5, 5.41) is 6.54. The minimum atomic E-state index is -3.62. The maximum atomic E-state index is 12.7. The fourth-order valence-electron chi connectivity index (χ4n) is 4.20. The molecule has 2 aromatic carbocycles. The largest absolute Gasteiger partial charge is 0.356 e. The van der Waals surface area contributed by atoms with Gasteiger partial charge in [-0.1, -0.05) is 42.5 Å². The zero-order chi connectivity index (χ0) is 25.5. The summed E-state index contributed by atoms with van der Waals surface area (Å²) in [6.45, 7) is 4.12. The predicted octanol–water partition coefficient (Wildman–Crippen LogP) is 1.82. The monoisotopic (exact) mass is 509 g/mol. The fourth-order valence-corrected chi connectivity index (χ4v) is 5.23. The first-order valence-corrected chi connectivity index (χ1v) is 13.4. The van der Waals surface area contributed by atoms with Crippen LogP contribution in [-0.2, 0) is 32.6 Å². The number of rotatable bonds is 12. The second-order valence-electron chi connectivity index (χ2n) is 8.72. The Morgan fingerprint density at radius 3 is 2.56 bits per heavy atom. The molecule has 0 amide bonds. The number of aromatic amines is 1. The van der Waals surface area contributed by atoms with E-state index < -0.39 is 15.8 Å². The number of hydrogen-bond acceptors (Lipinski definition) is 7. The molecule has 0 saturated heterocycles. The van der Waals surface area contributed by atoms with Crippen LogP contribution >= 0.6 is 0 Å². The third-order valence-electron chi connectivity index (χ3n) is 6.19. The van der Waals surface area contributed by atoms with E-state index in [4.69, 9.17) is 0 Å². The van der Waals surface area contributed by atoms with Crippen LogP contribution in [0.4, 0.5) is 5.69 Å². The molecule has 0 saturated carbocycles. The molecular weight excluding hydrogens is 478 g/mol. The van der Waals surface area contributed by atoms with Gasteiger partial charge in [0.2, 0.25) is 15.8 Å². The number of aldehydes is 1. The summed E-state index contributed by atoms with van der Waals surface area (Å²) in [4.78, 5) is 27.9. The molecule has 4 rings (SSSR count). The minimum Gasteiger partial charge on any atom is -0.356 e. The summed E-state index contributed by atoms with van der Waals surface area (Å²) in [5.41, 5.74) is 4.62. The summed E-state index contributed by atoms with van der Waals surface area (Å²) >= 11 is 0. The number of ketones is 1. The molecule has 10 heteroatoms. The van der Waals surface area contributed by atoms with Crippen LogP contribution < -0.4 is 20.3 Å². The van der Waals surface area contributed by atoms with E-state index in [1.165, 1.54) is 5.56 Å². The number of nitrogens with zero attached hydrogens (tertiary/aromatic N) is 1. The molecule has 2 heterocycles. The van der Waals surface area contributed by atoms with Crippen LogP contribution in [0.15, 0.2) is 65.6 Å². The van der Waals surface area contributed by atoms with Crippen LogP contribution in [0.1, 0.15) is 18.2 Å². The van der Waals surface area contributed by atoms with Gasteiger partial charge in [0, 0.05) is 25.3 Å². The zero-order valence-corrected chi connectivity index (χ0v) is 21.0. The van der Waals surface area contributed by atoms with Gasteiger partial charge in [-0.3, -0.25) is 14.9 Å². The number of aromatic nitrogens is 1. The molecule has 1 aliphatic heterocycles. The van der Waals surface area contributed by atoms with Crippen molar-refractivity contribution in [3.8, 4) is 11.3 Å². The number of fused-ring (bicyclic) bond motifs is 1. The normalized spacial score (nSPS) is 15.5. The van der Waals surface area contributed by atoms with E-state index in [0.29, 0.717) is 25.9 Å². The Morgan fingerprint density at radius 1 is 1.08 bits per heavy atom. The smallest absolute Gasteiger partial charge is 0.240 e. The van der Waals surface area contributed by atoms with Gasteiger partial charge in [-0.05, 0) is 49.2 Å². The van der Waals surface area contributed by atoms with Crippen molar-refractivity contribution >= 4 is 27.8 Å². The summed E-state index contributed by atoms with van der Waals surface area (Å²) < 4.78 is 28.0. The highest BCUT2D eigenvalue weighted by atomic mass is 32.2. The molecule has 1 aromatic heterocycles. The van der Waals surface area contributed by atoms with E-state index in [1.54, 1.807) is 24.3 Å². The van der Waals surface area contributed by atoms with Crippen LogP contribution in [0, 0.1) is 0 Å². The molecular formula is C26H31N5O4S. The Kier molecular flexibility index (Phi) is 8.32. The second kappa shape index (κ2) is 11.6. The molecule has 9 nitrogen and oxygen atoms in total. The average Bonchev–Trinajstić information content (AvgIpc) is 3.33. The summed E-state index contributed by atoms with van der Waals surface area (Å²) in [5.74, 6) is -0.493. The Bertz CT molecular complexity index is 1290. The highest BCUT2D eigenvalue weighted by Gasteiger charge is 2.26. The number of Topliss-reactive ketones (excluding diaryl/α,β-unsaturated/α-hetero) is 1. The summed E-state index contributed by atoms with van der Waals surface area (Å²) in [6.07, 6.45) is 1.12. The third kappa shape index (κ3) is 6.27. The van der Waals surface area contributed by atoms with Crippen LogP contribution in [0.2, 0.25) is 0 Å². The van der Waals surface area contributed by atoms with Crippen molar-refractivity contribution in [2.24, 2.45) is 0 Å². The minimum absolute atomic E-state index is 0.00801. The second-order valence-corrected chi connectivity index (χ2v) is 10.5. The lowest BCUT2D eigenvalue weighted by atomic mass is 10.1. The van der Waals surface area contributed by atoms with E-state index in [9.17, 15) is 18.0 Å². The molecule has 4 N–H and O–H groups in total. The van der Waals surface area contributed by atoms with Crippen LogP contribution in [0.5, 0.6) is 0 Å². The van der Waals surface area contributed by atoms with E-state index >= 15 is 0 Å². The van der Waals surface area contributed by atoms with Crippen molar-refractivity contribution in [3.05, 3.63) is 71.9 Å². The molecule has 0 aliphatic carbocycles. The number of nitrogens with one attached hydrogen (secondary N) is 4. The number of carbonyl (C=O) groups excluding carboxylic acids is 2. The van der Waals surface area contributed by atoms with Crippen molar-refractivity contribution < 1.29 is 18.0 Å². The Labute approximate surface area is 211 Å². The summed E-state index contributed by atoms with van der Waals surface area (Å²) in [6, 6.07) is 18.7. The van der Waals surface area contributed by atoms with Crippen molar-refractivity contribution in [1.82, 2.24) is 20.3 Å². The average molecular weight is 510 g/mol. The van der Waals surface area contributed by atoms with Crippen molar-refractivity contribution in [2.75, 3.05) is 31.1 Å². The molecule has 3 aromatic rings. The lowest BCUT2D eigenvalue weighted by molar-refractivity contribution is -0.129. The van der Waals surface area contributed by atoms with E-state index in [-0.39, 0.29) is 17.6 Å². The molecule has 36 heavy (non-hydrogen) atoms. The molecule has 0 fully saturated rings. The zero-order valence-electron chi connectivity index (χ0n) is 20.2. The van der Waals surface area contributed by atoms with Crippen LogP contribution in [0.3, 0.4) is 0 Å². The lowest BCUT2D eigenvalue weighted by Gasteiger charge is -2.34. The van der Waals surface area contributed by atoms with Gasteiger partial charge in [0.1, 0.15) is 0 Å². The van der Waals surface area contributed by atoms with Crippen LogP contribution in [0.25, 0.3) is 11.3 Å². The Morgan fingerprint density at radius 2 is 1.83 bits per heavy atom. The number of hydrogen-bond donors (Lipinski definition) is 4. The number of carbonyl (C=O) groups is 2. The van der Waals surface area contributed by atoms with Gasteiger partial charge < -0.3 is 15.2 Å². The molecule has 0 spiro atoms.